The monoisotopic (exact) mass is 150 g/mol. The second-order valence-corrected chi connectivity index (χ2v) is 2.26. The van der Waals surface area contributed by atoms with Gasteiger partial charge in [0.15, 0.2) is 0 Å². The molecule has 0 aromatic heterocycles. The summed E-state index contributed by atoms with van der Waals surface area (Å²) in [4.78, 5) is 0. The Kier molecular flexibility index (Phi) is 2.11. The normalized spacial score (nSPS) is 11.5. The van der Waals surface area contributed by atoms with E-state index in [-0.39, 0.29) is 5.75 Å². The Morgan fingerprint density at radius 3 is 2.36 bits per heavy atom. The van der Waals surface area contributed by atoms with E-state index in [0.29, 0.717) is 0 Å². The van der Waals surface area contributed by atoms with E-state index in [0.717, 1.165) is 11.3 Å². The van der Waals surface area contributed by atoms with Crippen LogP contribution >= 0.6 is 0 Å². The van der Waals surface area contributed by atoms with Crippen LogP contribution in [0.1, 0.15) is 12.5 Å². The molecule has 0 amide bonds. The van der Waals surface area contributed by atoms with Crippen LogP contribution in [0.2, 0.25) is 0 Å². The van der Waals surface area contributed by atoms with E-state index in [2.05, 4.69) is 5.10 Å². The lowest BCUT2D eigenvalue weighted by molar-refractivity contribution is 0.475. The van der Waals surface area contributed by atoms with Gasteiger partial charge in [0.2, 0.25) is 0 Å². The molecule has 0 unspecified atom stereocenters. The van der Waals surface area contributed by atoms with Crippen molar-refractivity contribution in [2.45, 2.75) is 6.92 Å². The molecule has 0 aliphatic rings. The third-order valence-corrected chi connectivity index (χ3v) is 1.48. The Hall–Kier alpha value is -1.51. The van der Waals surface area contributed by atoms with E-state index in [9.17, 15) is 0 Å². The molecule has 0 radical (unpaired) electrons. The number of phenolic OH excluding ortho intramolecular Hbond substituents is 1. The Bertz CT molecular complexity index is 264. The third kappa shape index (κ3) is 1.70. The highest BCUT2D eigenvalue weighted by atomic mass is 16.3. The number of hydrogen-bond donors (Lipinski definition) is 2. The number of aromatic hydroxyl groups is 1. The van der Waals surface area contributed by atoms with Crippen molar-refractivity contribution >= 4 is 5.71 Å². The number of nitrogens with two attached hydrogens (primary N) is 1. The minimum Gasteiger partial charge on any atom is -0.508 e. The fourth-order valence-corrected chi connectivity index (χ4v) is 0.777. The van der Waals surface area contributed by atoms with E-state index in [1.165, 1.54) is 0 Å². The zero-order valence-corrected chi connectivity index (χ0v) is 6.28. The maximum Gasteiger partial charge on any atom is 0.115 e. The molecule has 0 saturated heterocycles. The van der Waals surface area contributed by atoms with Crippen LogP contribution in [0.25, 0.3) is 0 Å². The quantitative estimate of drug-likeness (QED) is 0.357. The van der Waals surface area contributed by atoms with Crippen LogP contribution in [0, 0.1) is 0 Å². The summed E-state index contributed by atoms with van der Waals surface area (Å²) in [5.74, 6) is 5.32. The second-order valence-electron chi connectivity index (χ2n) is 2.26. The molecule has 11 heavy (non-hydrogen) atoms. The van der Waals surface area contributed by atoms with Crippen molar-refractivity contribution in [3.05, 3.63) is 29.8 Å². The van der Waals surface area contributed by atoms with Crippen molar-refractivity contribution in [2.75, 3.05) is 0 Å². The first kappa shape index (κ1) is 7.60. The molecule has 0 fully saturated rings. The first-order valence-corrected chi connectivity index (χ1v) is 3.28. The van der Waals surface area contributed by atoms with Crippen LogP contribution in [-0.2, 0) is 0 Å². The highest BCUT2D eigenvalue weighted by Crippen LogP contribution is 2.09. The van der Waals surface area contributed by atoms with Crippen molar-refractivity contribution in [2.24, 2.45) is 10.9 Å². The molecule has 0 aliphatic carbocycles. The molecule has 0 spiro atoms. The van der Waals surface area contributed by atoms with Gasteiger partial charge >= 0.3 is 0 Å². The topological polar surface area (TPSA) is 58.6 Å². The maximum atomic E-state index is 8.94. The van der Waals surface area contributed by atoms with Gasteiger partial charge in [-0.1, -0.05) is 0 Å². The van der Waals surface area contributed by atoms with Crippen LogP contribution in [0.3, 0.4) is 0 Å². The number of nitrogens with zero attached hydrogens (tertiary/aromatic N) is 1. The average molecular weight is 150 g/mol. The van der Waals surface area contributed by atoms with Gasteiger partial charge in [-0.15, -0.1) is 0 Å². The summed E-state index contributed by atoms with van der Waals surface area (Å²) in [7, 11) is 0. The fourth-order valence-electron chi connectivity index (χ4n) is 0.777. The number of benzene rings is 1. The Morgan fingerprint density at radius 1 is 1.36 bits per heavy atom. The van der Waals surface area contributed by atoms with Gasteiger partial charge in [0, 0.05) is 0 Å². The molecule has 1 aromatic rings. The lowest BCUT2D eigenvalue weighted by Gasteiger charge is -1.97. The Morgan fingerprint density at radius 2 is 1.91 bits per heavy atom. The lowest BCUT2D eigenvalue weighted by Crippen LogP contribution is -1.97. The summed E-state index contributed by atoms with van der Waals surface area (Å²) in [6, 6.07) is 6.73. The highest BCUT2D eigenvalue weighted by Gasteiger charge is 1.94. The van der Waals surface area contributed by atoms with Gasteiger partial charge in [-0.2, -0.15) is 5.10 Å². The van der Waals surface area contributed by atoms with E-state index >= 15 is 0 Å². The van der Waals surface area contributed by atoms with Gasteiger partial charge in [-0.3, -0.25) is 0 Å². The van der Waals surface area contributed by atoms with Gasteiger partial charge < -0.3 is 10.9 Å². The molecule has 58 valence electrons. The largest absolute Gasteiger partial charge is 0.508 e. The van der Waals surface area contributed by atoms with Gasteiger partial charge in [0.1, 0.15) is 5.75 Å². The van der Waals surface area contributed by atoms with Crippen molar-refractivity contribution in [3.8, 4) is 5.75 Å². The van der Waals surface area contributed by atoms with Crippen molar-refractivity contribution in [1.82, 2.24) is 0 Å². The van der Waals surface area contributed by atoms with Crippen LogP contribution in [0.4, 0.5) is 0 Å². The lowest BCUT2D eigenvalue weighted by atomic mass is 10.1. The Balaban J connectivity index is 2.99. The maximum absolute atomic E-state index is 8.94. The van der Waals surface area contributed by atoms with Gasteiger partial charge in [-0.05, 0) is 36.8 Å². The van der Waals surface area contributed by atoms with Gasteiger partial charge in [-0.25, -0.2) is 0 Å². The molecule has 0 bridgehead atoms. The highest BCUT2D eigenvalue weighted by molar-refractivity contribution is 5.98. The predicted molar refractivity (Wildman–Crippen MR) is 44.5 cm³/mol. The summed E-state index contributed by atoms with van der Waals surface area (Å²) >= 11 is 0. The summed E-state index contributed by atoms with van der Waals surface area (Å²) in [5, 5.41) is 12.5. The summed E-state index contributed by atoms with van der Waals surface area (Å²) in [5.41, 5.74) is 1.68. The van der Waals surface area contributed by atoms with Crippen molar-refractivity contribution in [1.29, 1.82) is 0 Å². The van der Waals surface area contributed by atoms with E-state index in [4.69, 9.17) is 10.9 Å². The van der Waals surface area contributed by atoms with E-state index in [1.807, 2.05) is 6.92 Å². The smallest absolute Gasteiger partial charge is 0.115 e. The number of rotatable bonds is 1. The number of phenols is 1. The fraction of sp³-hybridized carbons (Fsp3) is 0.125. The van der Waals surface area contributed by atoms with Crippen LogP contribution in [0.5, 0.6) is 5.75 Å². The van der Waals surface area contributed by atoms with Crippen LogP contribution in [-0.4, -0.2) is 10.8 Å². The standard InChI is InChI=1S/C8H10N2O/c1-6(10-9)7-2-4-8(11)5-3-7/h2-5,11H,9H2,1H3/b10-6-. The molecular formula is C8H10N2O. The predicted octanol–water partition coefficient (Wildman–Crippen LogP) is 1.07. The molecule has 1 aromatic carbocycles. The molecule has 0 aliphatic heterocycles. The van der Waals surface area contributed by atoms with Gasteiger partial charge in [0.05, 0.1) is 5.71 Å². The number of hydrazone groups is 1. The van der Waals surface area contributed by atoms with Crippen LogP contribution < -0.4 is 5.84 Å². The van der Waals surface area contributed by atoms with Crippen molar-refractivity contribution in [3.63, 3.8) is 0 Å². The number of hydrogen-bond acceptors (Lipinski definition) is 3. The first-order chi connectivity index (χ1) is 5.24. The summed E-state index contributed by atoms with van der Waals surface area (Å²) in [6.45, 7) is 1.81. The molecule has 0 saturated carbocycles. The average Bonchev–Trinajstić information content (AvgIpc) is 2.05. The molecule has 0 heterocycles. The molecule has 3 N–H and O–H groups in total. The van der Waals surface area contributed by atoms with E-state index < -0.39 is 0 Å². The van der Waals surface area contributed by atoms with Gasteiger partial charge in [0.25, 0.3) is 0 Å². The summed E-state index contributed by atoms with van der Waals surface area (Å²) in [6.07, 6.45) is 0. The zero-order chi connectivity index (χ0) is 8.27. The minimum atomic E-state index is 0.249. The molecule has 0 atom stereocenters. The molecule has 1 rings (SSSR count). The molecule has 3 nitrogen and oxygen atoms in total. The zero-order valence-electron chi connectivity index (χ0n) is 6.28. The van der Waals surface area contributed by atoms with E-state index in [1.54, 1.807) is 24.3 Å². The SMILES string of the molecule is C/C(=N/N)c1ccc(O)cc1. The first-order valence-electron chi connectivity index (χ1n) is 3.28. The van der Waals surface area contributed by atoms with Crippen LogP contribution in [0.15, 0.2) is 29.4 Å². The molecule has 3 heteroatoms. The minimum absolute atomic E-state index is 0.249. The second kappa shape index (κ2) is 3.05. The molecular weight excluding hydrogens is 140 g/mol. The third-order valence-electron chi connectivity index (χ3n) is 1.48. The summed E-state index contributed by atoms with van der Waals surface area (Å²) < 4.78 is 0. The van der Waals surface area contributed by atoms with Crippen molar-refractivity contribution < 1.29 is 5.11 Å². The Labute approximate surface area is 65.2 Å².